The fourth-order valence-electron chi connectivity index (χ4n) is 0. The minimum absolute atomic E-state index is 0.250. The van der Waals surface area contributed by atoms with Crippen LogP contribution in [0, 0.1) is 0 Å². The van der Waals surface area contributed by atoms with Crippen LogP contribution in [0.3, 0.4) is 0 Å². The van der Waals surface area contributed by atoms with Crippen LogP contribution >= 0.6 is 11.6 Å². The molecule has 0 aliphatic heterocycles. The van der Waals surface area contributed by atoms with Gasteiger partial charge in [0.2, 0.25) is 0 Å². The van der Waals surface area contributed by atoms with Gasteiger partial charge >= 0.3 is 5.38 Å². The molecule has 52 valence electrons. The SMILES string of the molecule is CC(F)(F)Cl.CCF. The second-order valence-electron chi connectivity index (χ2n) is 1.05. The normalized spacial score (nSPS) is 9.75. The first-order valence-corrected chi connectivity index (χ1v) is 2.42. The number of alkyl halides is 4. The molecule has 0 unspecified atom stereocenters. The van der Waals surface area contributed by atoms with E-state index >= 15 is 0 Å². The van der Waals surface area contributed by atoms with Crippen LogP contribution in [0.15, 0.2) is 0 Å². The van der Waals surface area contributed by atoms with E-state index in [1.54, 1.807) is 0 Å². The quantitative estimate of drug-likeness (QED) is 0.464. The van der Waals surface area contributed by atoms with Gasteiger partial charge in [-0.1, -0.05) is 0 Å². The van der Waals surface area contributed by atoms with Crippen molar-refractivity contribution in [2.24, 2.45) is 0 Å². The van der Waals surface area contributed by atoms with E-state index in [1.165, 1.54) is 6.92 Å². The Morgan fingerprint density at radius 3 is 1.50 bits per heavy atom. The minimum Gasteiger partial charge on any atom is -0.251 e. The van der Waals surface area contributed by atoms with Gasteiger partial charge in [-0.3, -0.25) is 4.39 Å². The second kappa shape index (κ2) is 5.22. The Labute approximate surface area is 51.6 Å². The molecule has 4 heteroatoms. The van der Waals surface area contributed by atoms with Gasteiger partial charge in [-0.25, -0.2) is 0 Å². The van der Waals surface area contributed by atoms with Crippen LogP contribution in [-0.2, 0) is 0 Å². The minimum atomic E-state index is -3.03. The Kier molecular flexibility index (Phi) is 7.15. The van der Waals surface area contributed by atoms with Gasteiger partial charge in [0.15, 0.2) is 0 Å². The lowest BCUT2D eigenvalue weighted by molar-refractivity contribution is 0.119. The van der Waals surface area contributed by atoms with Gasteiger partial charge in [0, 0.05) is 6.92 Å². The molecule has 0 spiro atoms. The van der Waals surface area contributed by atoms with Gasteiger partial charge < -0.3 is 0 Å². The van der Waals surface area contributed by atoms with Gasteiger partial charge in [-0.2, -0.15) is 8.78 Å². The Balaban J connectivity index is 0. The fraction of sp³-hybridized carbons (Fsp3) is 1.00. The summed E-state index contributed by atoms with van der Waals surface area (Å²) in [7, 11) is 0. The first-order chi connectivity index (χ1) is 3.41. The van der Waals surface area contributed by atoms with E-state index < -0.39 is 5.38 Å². The largest absolute Gasteiger partial charge is 0.318 e. The van der Waals surface area contributed by atoms with Crippen molar-refractivity contribution in [3.05, 3.63) is 0 Å². The maximum atomic E-state index is 10.8. The number of hydrogen-bond acceptors (Lipinski definition) is 0. The number of hydrogen-bond donors (Lipinski definition) is 0. The molecule has 0 bridgehead atoms. The molecule has 0 N–H and O–H groups in total. The van der Waals surface area contributed by atoms with E-state index in [1.807, 2.05) is 0 Å². The van der Waals surface area contributed by atoms with Gasteiger partial charge in [-0.15, -0.1) is 0 Å². The van der Waals surface area contributed by atoms with Crippen molar-refractivity contribution >= 4 is 11.6 Å². The predicted octanol–water partition coefficient (Wildman–Crippen LogP) is 2.81. The zero-order chi connectivity index (χ0) is 7.21. The Bertz CT molecular complexity index is 35.0. The maximum absolute atomic E-state index is 10.8. The molecular formula is C4H8ClF3. The lowest BCUT2D eigenvalue weighted by atomic mass is 10.9. The Hall–Kier alpha value is 0.0800. The molecule has 8 heavy (non-hydrogen) atoms. The zero-order valence-electron chi connectivity index (χ0n) is 4.72. The zero-order valence-corrected chi connectivity index (χ0v) is 5.47. The standard InChI is InChI=1S/C2H3ClF2.C2H5F/c1-2(3,4)5;1-2-3/h1H3;2H2,1H3. The summed E-state index contributed by atoms with van der Waals surface area (Å²) in [6, 6.07) is 0. The average molecular weight is 149 g/mol. The molecule has 0 aromatic heterocycles. The highest BCUT2D eigenvalue weighted by atomic mass is 35.5. The lowest BCUT2D eigenvalue weighted by Crippen LogP contribution is -1.92. The highest BCUT2D eigenvalue weighted by Crippen LogP contribution is 2.15. The molecule has 0 aromatic rings. The van der Waals surface area contributed by atoms with Crippen molar-refractivity contribution in [3.8, 4) is 0 Å². The van der Waals surface area contributed by atoms with E-state index in [0.29, 0.717) is 6.92 Å². The summed E-state index contributed by atoms with van der Waals surface area (Å²) in [6.45, 7) is 1.83. The van der Waals surface area contributed by atoms with Crippen LogP contribution < -0.4 is 0 Å². The third kappa shape index (κ3) is 24500. The van der Waals surface area contributed by atoms with Crippen molar-refractivity contribution in [1.82, 2.24) is 0 Å². The Morgan fingerprint density at radius 2 is 1.50 bits per heavy atom. The highest BCUT2D eigenvalue weighted by molar-refractivity contribution is 6.21. The molecule has 0 nitrogen and oxygen atoms in total. The van der Waals surface area contributed by atoms with Crippen molar-refractivity contribution in [3.63, 3.8) is 0 Å². The highest BCUT2D eigenvalue weighted by Gasteiger charge is 2.12. The smallest absolute Gasteiger partial charge is 0.251 e. The van der Waals surface area contributed by atoms with Gasteiger partial charge in [-0.05, 0) is 18.5 Å². The van der Waals surface area contributed by atoms with Crippen molar-refractivity contribution in [2.45, 2.75) is 19.2 Å². The number of rotatable bonds is 0. The van der Waals surface area contributed by atoms with Crippen molar-refractivity contribution in [2.75, 3.05) is 6.67 Å². The summed E-state index contributed by atoms with van der Waals surface area (Å²) in [5.74, 6) is 0. The first-order valence-electron chi connectivity index (χ1n) is 2.04. The fourth-order valence-corrected chi connectivity index (χ4v) is 0. The van der Waals surface area contributed by atoms with E-state index in [0.717, 1.165) is 0 Å². The summed E-state index contributed by atoms with van der Waals surface area (Å²) in [5, 5.41) is -3.03. The molecule has 0 amide bonds. The van der Waals surface area contributed by atoms with Crippen LogP contribution in [0.5, 0.6) is 0 Å². The summed E-state index contributed by atoms with van der Waals surface area (Å²) in [4.78, 5) is 0. The van der Waals surface area contributed by atoms with E-state index in [2.05, 4.69) is 11.6 Å². The van der Waals surface area contributed by atoms with Crippen LogP contribution in [-0.4, -0.2) is 12.1 Å². The van der Waals surface area contributed by atoms with Crippen molar-refractivity contribution < 1.29 is 13.2 Å². The molecule has 0 heterocycles. The van der Waals surface area contributed by atoms with E-state index in [4.69, 9.17) is 0 Å². The van der Waals surface area contributed by atoms with Crippen LogP contribution in [0.25, 0.3) is 0 Å². The number of halogens is 4. The van der Waals surface area contributed by atoms with Crippen LogP contribution in [0.1, 0.15) is 13.8 Å². The van der Waals surface area contributed by atoms with Crippen LogP contribution in [0.4, 0.5) is 13.2 Å². The molecule has 0 saturated heterocycles. The molecule has 0 fully saturated rings. The summed E-state index contributed by atoms with van der Waals surface area (Å²) in [6.07, 6.45) is 0. The average Bonchev–Trinajstić information content (AvgIpc) is 1.27. The lowest BCUT2D eigenvalue weighted by Gasteiger charge is -1.90. The molecule has 0 aromatic carbocycles. The van der Waals surface area contributed by atoms with Crippen molar-refractivity contribution in [1.29, 1.82) is 0 Å². The predicted molar refractivity (Wildman–Crippen MR) is 28.1 cm³/mol. The Morgan fingerprint density at radius 1 is 1.50 bits per heavy atom. The molecule has 0 rings (SSSR count). The molecule has 0 aliphatic carbocycles. The molecule has 0 saturated carbocycles. The molecule has 0 aliphatic rings. The maximum Gasteiger partial charge on any atom is 0.318 e. The van der Waals surface area contributed by atoms with Gasteiger partial charge in [0.25, 0.3) is 0 Å². The van der Waals surface area contributed by atoms with E-state index in [-0.39, 0.29) is 6.67 Å². The van der Waals surface area contributed by atoms with Gasteiger partial charge in [0.05, 0.1) is 6.67 Å². The first kappa shape index (κ1) is 11.0. The molecule has 0 atom stereocenters. The van der Waals surface area contributed by atoms with E-state index in [9.17, 15) is 13.2 Å². The summed E-state index contributed by atoms with van der Waals surface area (Å²) in [5.41, 5.74) is 0. The third-order valence-electron chi connectivity index (χ3n) is 0. The summed E-state index contributed by atoms with van der Waals surface area (Å²) >= 11 is 4.20. The topological polar surface area (TPSA) is 0 Å². The van der Waals surface area contributed by atoms with Gasteiger partial charge in [0.1, 0.15) is 0 Å². The third-order valence-corrected chi connectivity index (χ3v) is 0. The van der Waals surface area contributed by atoms with Crippen LogP contribution in [0.2, 0.25) is 0 Å². The molecular weight excluding hydrogens is 140 g/mol. The summed E-state index contributed by atoms with van der Waals surface area (Å²) < 4.78 is 31.9. The molecule has 0 radical (unpaired) electrons. The monoisotopic (exact) mass is 148 g/mol. The second-order valence-corrected chi connectivity index (χ2v) is 1.71.